The maximum absolute atomic E-state index is 5.92. The molecule has 0 bridgehead atoms. The van der Waals surface area contributed by atoms with Crippen molar-refractivity contribution in [3.63, 3.8) is 0 Å². The Morgan fingerprint density at radius 1 is 1.40 bits per heavy atom. The van der Waals surface area contributed by atoms with Crippen LogP contribution in [0.3, 0.4) is 0 Å². The van der Waals surface area contributed by atoms with Gasteiger partial charge in [-0.05, 0) is 71.8 Å². The van der Waals surface area contributed by atoms with Crippen LogP contribution in [0.4, 0.5) is 0 Å². The van der Waals surface area contributed by atoms with Crippen molar-refractivity contribution < 1.29 is 4.74 Å². The summed E-state index contributed by atoms with van der Waals surface area (Å²) >= 11 is 3.63. The fourth-order valence-electron chi connectivity index (χ4n) is 2.66. The second-order valence-corrected chi connectivity index (χ2v) is 6.64. The van der Waals surface area contributed by atoms with E-state index in [0.717, 1.165) is 29.8 Å². The van der Waals surface area contributed by atoms with Gasteiger partial charge in [0.15, 0.2) is 0 Å². The molecule has 1 aromatic carbocycles. The number of hydrogen-bond donors (Lipinski definition) is 1. The third-order valence-electron chi connectivity index (χ3n) is 4.27. The van der Waals surface area contributed by atoms with Crippen LogP contribution >= 0.6 is 15.9 Å². The summed E-state index contributed by atoms with van der Waals surface area (Å²) < 4.78 is 7.00. The first kappa shape index (κ1) is 15.8. The Morgan fingerprint density at radius 2 is 2.25 bits per heavy atom. The van der Waals surface area contributed by atoms with E-state index in [0.29, 0.717) is 12.0 Å². The van der Waals surface area contributed by atoms with Gasteiger partial charge in [-0.15, -0.1) is 0 Å². The van der Waals surface area contributed by atoms with Crippen LogP contribution in [0.2, 0.25) is 0 Å². The van der Waals surface area contributed by atoms with E-state index in [1.807, 2.05) is 0 Å². The molecule has 2 rings (SSSR count). The van der Waals surface area contributed by atoms with Crippen molar-refractivity contribution in [3.8, 4) is 5.75 Å². The van der Waals surface area contributed by atoms with Gasteiger partial charge < -0.3 is 10.1 Å². The van der Waals surface area contributed by atoms with Gasteiger partial charge in [0.1, 0.15) is 5.75 Å². The first-order chi connectivity index (χ1) is 9.70. The molecule has 0 aromatic heterocycles. The highest BCUT2D eigenvalue weighted by molar-refractivity contribution is 9.10. The van der Waals surface area contributed by atoms with Gasteiger partial charge in [0.25, 0.3) is 0 Å². The van der Waals surface area contributed by atoms with E-state index in [4.69, 9.17) is 4.74 Å². The monoisotopic (exact) mass is 339 g/mol. The molecule has 0 spiro atoms. The van der Waals surface area contributed by atoms with Gasteiger partial charge in [0.05, 0.1) is 11.1 Å². The average Bonchev–Trinajstić information content (AvgIpc) is 2.49. The molecule has 112 valence electrons. The standard InChI is InChI=1S/C17H26BrNO/c1-3-13(2)14-7-8-17(16(18)12-14)20-11-9-15-6-4-5-10-19-15/h7-8,12-13,15,19H,3-6,9-11H2,1-2H3/t13-,15-/m0/s1. The molecule has 1 saturated heterocycles. The highest BCUT2D eigenvalue weighted by Gasteiger charge is 2.13. The first-order valence-corrected chi connectivity index (χ1v) is 8.65. The molecule has 0 aliphatic carbocycles. The fraction of sp³-hybridized carbons (Fsp3) is 0.647. The molecule has 0 saturated carbocycles. The molecular formula is C17H26BrNO. The largest absolute Gasteiger partial charge is 0.492 e. The zero-order valence-corrected chi connectivity index (χ0v) is 14.2. The van der Waals surface area contributed by atoms with Gasteiger partial charge >= 0.3 is 0 Å². The zero-order valence-electron chi connectivity index (χ0n) is 12.6. The van der Waals surface area contributed by atoms with Crippen molar-refractivity contribution >= 4 is 15.9 Å². The molecule has 1 N–H and O–H groups in total. The van der Waals surface area contributed by atoms with E-state index < -0.39 is 0 Å². The number of piperidine rings is 1. The lowest BCUT2D eigenvalue weighted by molar-refractivity contribution is 0.267. The van der Waals surface area contributed by atoms with Crippen molar-refractivity contribution in [2.75, 3.05) is 13.2 Å². The van der Waals surface area contributed by atoms with Gasteiger partial charge in [-0.1, -0.05) is 26.3 Å². The van der Waals surface area contributed by atoms with Crippen molar-refractivity contribution in [2.24, 2.45) is 0 Å². The number of rotatable bonds is 6. The lowest BCUT2D eigenvalue weighted by atomic mass is 9.99. The normalized spacial score (nSPS) is 20.6. The minimum absolute atomic E-state index is 0.604. The Labute approximate surface area is 131 Å². The minimum atomic E-state index is 0.604. The molecule has 1 aliphatic heterocycles. The third-order valence-corrected chi connectivity index (χ3v) is 4.89. The van der Waals surface area contributed by atoms with Crippen LogP contribution in [-0.2, 0) is 0 Å². The zero-order chi connectivity index (χ0) is 14.4. The molecule has 2 atom stereocenters. The Kier molecular flexibility index (Phi) is 6.37. The summed E-state index contributed by atoms with van der Waals surface area (Å²) in [6, 6.07) is 7.12. The van der Waals surface area contributed by atoms with Crippen LogP contribution in [0, 0.1) is 0 Å². The molecule has 1 heterocycles. The molecular weight excluding hydrogens is 314 g/mol. The maximum Gasteiger partial charge on any atom is 0.133 e. The number of ether oxygens (including phenoxy) is 1. The van der Waals surface area contributed by atoms with Crippen LogP contribution < -0.4 is 10.1 Å². The molecule has 1 aliphatic rings. The molecule has 1 fully saturated rings. The summed E-state index contributed by atoms with van der Waals surface area (Å²) in [6.45, 7) is 6.44. The predicted molar refractivity (Wildman–Crippen MR) is 88.6 cm³/mol. The van der Waals surface area contributed by atoms with Crippen LogP contribution in [-0.4, -0.2) is 19.2 Å². The van der Waals surface area contributed by atoms with Crippen molar-refractivity contribution in [1.29, 1.82) is 0 Å². The summed E-state index contributed by atoms with van der Waals surface area (Å²) in [5.41, 5.74) is 1.38. The summed E-state index contributed by atoms with van der Waals surface area (Å²) in [6.07, 6.45) is 6.22. The summed E-state index contributed by atoms with van der Waals surface area (Å²) in [4.78, 5) is 0. The summed E-state index contributed by atoms with van der Waals surface area (Å²) in [7, 11) is 0. The number of hydrogen-bond acceptors (Lipinski definition) is 2. The van der Waals surface area contributed by atoms with E-state index >= 15 is 0 Å². The van der Waals surface area contributed by atoms with E-state index in [1.165, 1.54) is 31.2 Å². The fourth-order valence-corrected chi connectivity index (χ4v) is 3.17. The Hall–Kier alpha value is -0.540. The van der Waals surface area contributed by atoms with E-state index in [1.54, 1.807) is 0 Å². The van der Waals surface area contributed by atoms with Gasteiger partial charge in [-0.25, -0.2) is 0 Å². The Balaban J connectivity index is 1.83. The Bertz CT molecular complexity index is 415. The smallest absolute Gasteiger partial charge is 0.133 e. The minimum Gasteiger partial charge on any atom is -0.492 e. The van der Waals surface area contributed by atoms with E-state index in [-0.39, 0.29) is 0 Å². The second-order valence-electron chi connectivity index (χ2n) is 5.78. The predicted octanol–water partition coefficient (Wildman–Crippen LogP) is 4.87. The molecule has 0 amide bonds. The summed E-state index contributed by atoms with van der Waals surface area (Å²) in [5, 5.41) is 3.56. The highest BCUT2D eigenvalue weighted by atomic mass is 79.9. The van der Waals surface area contributed by atoms with Crippen LogP contribution in [0.5, 0.6) is 5.75 Å². The maximum atomic E-state index is 5.92. The van der Waals surface area contributed by atoms with Crippen molar-refractivity contribution in [1.82, 2.24) is 5.32 Å². The molecule has 1 aromatic rings. The molecule has 20 heavy (non-hydrogen) atoms. The van der Waals surface area contributed by atoms with Gasteiger partial charge in [0, 0.05) is 6.04 Å². The molecule has 0 radical (unpaired) electrons. The third kappa shape index (κ3) is 4.49. The van der Waals surface area contributed by atoms with E-state index in [9.17, 15) is 0 Å². The first-order valence-electron chi connectivity index (χ1n) is 7.86. The highest BCUT2D eigenvalue weighted by Crippen LogP contribution is 2.30. The van der Waals surface area contributed by atoms with Crippen LogP contribution in [0.25, 0.3) is 0 Å². The van der Waals surface area contributed by atoms with Gasteiger partial charge in [-0.3, -0.25) is 0 Å². The number of benzene rings is 1. The van der Waals surface area contributed by atoms with Gasteiger partial charge in [0.2, 0.25) is 0 Å². The van der Waals surface area contributed by atoms with Gasteiger partial charge in [-0.2, -0.15) is 0 Å². The quantitative estimate of drug-likeness (QED) is 0.797. The molecule has 2 nitrogen and oxygen atoms in total. The van der Waals surface area contributed by atoms with Crippen molar-refractivity contribution in [2.45, 2.75) is 57.9 Å². The van der Waals surface area contributed by atoms with E-state index in [2.05, 4.69) is 53.3 Å². The number of halogens is 1. The van der Waals surface area contributed by atoms with Crippen molar-refractivity contribution in [3.05, 3.63) is 28.2 Å². The molecule has 3 heteroatoms. The SMILES string of the molecule is CC[C@H](C)c1ccc(OCC[C@@H]2CCCCN2)c(Br)c1. The average molecular weight is 340 g/mol. The number of nitrogens with one attached hydrogen (secondary N) is 1. The lowest BCUT2D eigenvalue weighted by Crippen LogP contribution is -2.35. The Morgan fingerprint density at radius 3 is 2.90 bits per heavy atom. The second kappa shape index (κ2) is 8.04. The van der Waals surface area contributed by atoms with Crippen LogP contribution in [0.1, 0.15) is 57.4 Å². The van der Waals surface area contributed by atoms with Crippen LogP contribution in [0.15, 0.2) is 22.7 Å². The lowest BCUT2D eigenvalue weighted by Gasteiger charge is -2.23. The molecule has 0 unspecified atom stereocenters. The summed E-state index contributed by atoms with van der Waals surface area (Å²) in [5.74, 6) is 1.57. The topological polar surface area (TPSA) is 21.3 Å².